The van der Waals surface area contributed by atoms with E-state index < -0.39 is 10.2 Å². The first kappa shape index (κ1) is 19.7. The van der Waals surface area contributed by atoms with E-state index in [1.807, 2.05) is 39.0 Å². The van der Waals surface area contributed by atoms with Crippen LogP contribution in [-0.2, 0) is 10.2 Å². The van der Waals surface area contributed by atoms with Gasteiger partial charge in [0.25, 0.3) is 10.2 Å². The molecule has 8 nitrogen and oxygen atoms in total. The van der Waals surface area contributed by atoms with Gasteiger partial charge >= 0.3 is 0 Å². The summed E-state index contributed by atoms with van der Waals surface area (Å²) < 4.78 is 28.1. The SMILES string of the molecule is Cc1cc(Nc2nc(C)cc(C)n2)cc(C2CCCN2S(=O)(=O)N(C)C)n1. The Balaban J connectivity index is 1.93. The molecule has 0 aliphatic carbocycles. The van der Waals surface area contributed by atoms with Gasteiger partial charge in [0.15, 0.2) is 0 Å². The van der Waals surface area contributed by atoms with Crippen LogP contribution in [0.5, 0.6) is 0 Å². The highest BCUT2D eigenvalue weighted by Gasteiger charge is 2.37. The molecule has 0 saturated carbocycles. The number of anilines is 2. The monoisotopic (exact) mass is 390 g/mol. The molecule has 0 radical (unpaired) electrons. The van der Waals surface area contributed by atoms with Gasteiger partial charge in [0, 0.05) is 43.4 Å². The van der Waals surface area contributed by atoms with Crippen molar-refractivity contribution in [2.24, 2.45) is 0 Å². The Morgan fingerprint density at radius 1 is 1.04 bits per heavy atom. The normalized spacial score (nSPS) is 18.2. The Labute approximate surface area is 160 Å². The van der Waals surface area contributed by atoms with Gasteiger partial charge in [0.05, 0.1) is 11.7 Å². The molecule has 1 aliphatic rings. The number of aryl methyl sites for hydroxylation is 3. The maximum absolute atomic E-state index is 12.6. The number of nitrogens with one attached hydrogen (secondary N) is 1. The van der Waals surface area contributed by atoms with Gasteiger partial charge in [-0.25, -0.2) is 9.97 Å². The first-order valence-corrected chi connectivity index (χ1v) is 10.3. The summed E-state index contributed by atoms with van der Waals surface area (Å²) in [5.74, 6) is 0.522. The lowest BCUT2D eigenvalue weighted by atomic mass is 10.1. The lowest BCUT2D eigenvalue weighted by Gasteiger charge is -2.27. The maximum Gasteiger partial charge on any atom is 0.282 e. The summed E-state index contributed by atoms with van der Waals surface area (Å²) in [7, 11) is -0.380. The largest absolute Gasteiger partial charge is 0.324 e. The quantitative estimate of drug-likeness (QED) is 0.843. The predicted octanol–water partition coefficient (Wildman–Crippen LogP) is 2.48. The number of hydrogen-bond donors (Lipinski definition) is 1. The number of aromatic nitrogens is 3. The smallest absolute Gasteiger partial charge is 0.282 e. The van der Waals surface area contributed by atoms with E-state index in [-0.39, 0.29) is 6.04 Å². The molecular weight excluding hydrogens is 364 g/mol. The van der Waals surface area contributed by atoms with Gasteiger partial charge in [0.1, 0.15) is 0 Å². The zero-order valence-electron chi connectivity index (χ0n) is 16.4. The van der Waals surface area contributed by atoms with Crippen molar-refractivity contribution in [3.8, 4) is 0 Å². The van der Waals surface area contributed by atoms with Crippen LogP contribution in [0.3, 0.4) is 0 Å². The van der Waals surface area contributed by atoms with Crippen LogP contribution in [0.2, 0.25) is 0 Å². The number of hydrogen-bond acceptors (Lipinski definition) is 6. The molecule has 1 atom stereocenters. The van der Waals surface area contributed by atoms with Crippen LogP contribution in [0, 0.1) is 20.8 Å². The Morgan fingerprint density at radius 3 is 2.30 bits per heavy atom. The van der Waals surface area contributed by atoms with Gasteiger partial charge in [-0.05, 0) is 51.8 Å². The first-order valence-electron chi connectivity index (χ1n) is 8.94. The highest BCUT2D eigenvalue weighted by Crippen LogP contribution is 2.35. The Morgan fingerprint density at radius 2 is 1.67 bits per heavy atom. The molecule has 1 N–H and O–H groups in total. The van der Waals surface area contributed by atoms with Gasteiger partial charge in [-0.2, -0.15) is 17.0 Å². The van der Waals surface area contributed by atoms with Crippen molar-refractivity contribution < 1.29 is 8.42 Å². The molecule has 2 aromatic rings. The summed E-state index contributed by atoms with van der Waals surface area (Å²) in [5, 5.41) is 3.23. The molecule has 146 valence electrons. The second-order valence-corrected chi connectivity index (χ2v) is 9.18. The van der Waals surface area contributed by atoms with E-state index in [0.29, 0.717) is 12.5 Å². The zero-order chi connectivity index (χ0) is 19.8. The van der Waals surface area contributed by atoms with E-state index in [9.17, 15) is 8.42 Å². The summed E-state index contributed by atoms with van der Waals surface area (Å²) in [6.07, 6.45) is 1.57. The molecular formula is C18H26N6O2S. The molecule has 3 rings (SSSR count). The van der Waals surface area contributed by atoms with Crippen molar-refractivity contribution in [1.82, 2.24) is 23.6 Å². The van der Waals surface area contributed by atoms with Crippen molar-refractivity contribution in [3.05, 3.63) is 41.0 Å². The van der Waals surface area contributed by atoms with Crippen LogP contribution in [0.1, 0.15) is 41.7 Å². The van der Waals surface area contributed by atoms with Crippen molar-refractivity contribution in [2.75, 3.05) is 26.0 Å². The molecule has 0 amide bonds. The van der Waals surface area contributed by atoms with Gasteiger partial charge in [-0.1, -0.05) is 0 Å². The third-order valence-corrected chi connectivity index (χ3v) is 6.47. The van der Waals surface area contributed by atoms with Crippen LogP contribution in [0.15, 0.2) is 18.2 Å². The lowest BCUT2D eigenvalue weighted by molar-refractivity contribution is 0.358. The van der Waals surface area contributed by atoms with Crippen molar-refractivity contribution >= 4 is 21.8 Å². The van der Waals surface area contributed by atoms with Crippen LogP contribution >= 0.6 is 0 Å². The standard InChI is InChI=1S/C18H26N6O2S/c1-12-9-13(2)21-18(20-12)22-15-10-14(3)19-16(11-15)17-7-6-8-24(17)27(25,26)23(4)5/h9-11,17H,6-8H2,1-5H3,(H,19,20,21,22). The average molecular weight is 391 g/mol. The second-order valence-electron chi connectivity index (χ2n) is 7.08. The Kier molecular flexibility index (Phi) is 5.45. The number of pyridine rings is 1. The van der Waals surface area contributed by atoms with Gasteiger partial charge in [0.2, 0.25) is 5.95 Å². The summed E-state index contributed by atoms with van der Waals surface area (Å²) in [6, 6.07) is 5.45. The van der Waals surface area contributed by atoms with Crippen molar-refractivity contribution in [3.63, 3.8) is 0 Å². The molecule has 0 bridgehead atoms. The molecule has 27 heavy (non-hydrogen) atoms. The van der Waals surface area contributed by atoms with Crippen LogP contribution < -0.4 is 5.32 Å². The van der Waals surface area contributed by atoms with E-state index in [0.717, 1.165) is 41.3 Å². The minimum atomic E-state index is -3.49. The molecule has 0 aromatic carbocycles. The first-order chi connectivity index (χ1) is 12.7. The fourth-order valence-corrected chi connectivity index (χ4v) is 4.68. The number of rotatable bonds is 5. The van der Waals surface area contributed by atoms with E-state index >= 15 is 0 Å². The second kappa shape index (κ2) is 7.49. The molecule has 3 heterocycles. The predicted molar refractivity (Wildman–Crippen MR) is 105 cm³/mol. The Bertz CT molecular complexity index is 925. The lowest BCUT2D eigenvalue weighted by Crippen LogP contribution is -2.39. The minimum absolute atomic E-state index is 0.266. The molecule has 1 aliphatic heterocycles. The van der Waals surface area contributed by atoms with E-state index in [4.69, 9.17) is 0 Å². The molecule has 9 heteroatoms. The van der Waals surface area contributed by atoms with Crippen molar-refractivity contribution in [2.45, 2.75) is 39.7 Å². The fraction of sp³-hybridized carbons (Fsp3) is 0.500. The van der Waals surface area contributed by atoms with Crippen LogP contribution in [-0.4, -0.2) is 52.6 Å². The highest BCUT2D eigenvalue weighted by atomic mass is 32.2. The number of nitrogens with zero attached hydrogens (tertiary/aromatic N) is 5. The topological polar surface area (TPSA) is 91.3 Å². The molecule has 0 spiro atoms. The molecule has 1 saturated heterocycles. The van der Waals surface area contributed by atoms with Gasteiger partial charge in [-0.3, -0.25) is 4.98 Å². The maximum atomic E-state index is 12.6. The third-order valence-electron chi connectivity index (χ3n) is 4.51. The van der Waals surface area contributed by atoms with Crippen LogP contribution in [0.4, 0.5) is 11.6 Å². The minimum Gasteiger partial charge on any atom is -0.324 e. The zero-order valence-corrected chi connectivity index (χ0v) is 17.2. The van der Waals surface area contributed by atoms with Crippen molar-refractivity contribution in [1.29, 1.82) is 0 Å². The van der Waals surface area contributed by atoms with Gasteiger partial charge < -0.3 is 5.32 Å². The summed E-state index contributed by atoms with van der Waals surface area (Å²) >= 11 is 0. The van der Waals surface area contributed by atoms with Crippen LogP contribution in [0.25, 0.3) is 0 Å². The molecule has 2 aromatic heterocycles. The average Bonchev–Trinajstić information content (AvgIpc) is 3.03. The highest BCUT2D eigenvalue weighted by molar-refractivity contribution is 7.86. The fourth-order valence-electron chi connectivity index (χ4n) is 3.37. The van der Waals surface area contributed by atoms with Gasteiger partial charge in [-0.15, -0.1) is 0 Å². The van der Waals surface area contributed by atoms with E-state index in [1.54, 1.807) is 14.1 Å². The summed E-state index contributed by atoms with van der Waals surface area (Å²) in [5.41, 5.74) is 4.12. The Hall–Kier alpha value is -2.10. The third kappa shape index (κ3) is 4.26. The molecule has 1 fully saturated rings. The van der Waals surface area contributed by atoms with E-state index in [2.05, 4.69) is 20.3 Å². The van der Waals surface area contributed by atoms with E-state index in [1.165, 1.54) is 8.61 Å². The molecule has 1 unspecified atom stereocenters. The summed E-state index contributed by atoms with van der Waals surface area (Å²) in [6.45, 7) is 6.25. The summed E-state index contributed by atoms with van der Waals surface area (Å²) in [4.78, 5) is 13.4.